The molecular formula is C23H25N5O3S. The Morgan fingerprint density at radius 2 is 1.84 bits per heavy atom. The first kappa shape index (κ1) is 21.8. The van der Waals surface area contributed by atoms with E-state index in [0.29, 0.717) is 24.5 Å². The molecule has 0 fully saturated rings. The van der Waals surface area contributed by atoms with E-state index in [4.69, 9.17) is 0 Å². The molecule has 0 saturated carbocycles. The summed E-state index contributed by atoms with van der Waals surface area (Å²) in [4.78, 5) is 17.6. The van der Waals surface area contributed by atoms with Crippen LogP contribution in [-0.4, -0.2) is 36.5 Å². The van der Waals surface area contributed by atoms with Crippen LogP contribution in [0.15, 0.2) is 82.9 Å². The van der Waals surface area contributed by atoms with E-state index in [0.717, 1.165) is 24.8 Å². The van der Waals surface area contributed by atoms with Crippen LogP contribution < -0.4 is 10.0 Å². The zero-order valence-corrected chi connectivity index (χ0v) is 18.3. The number of hydrogen-bond acceptors (Lipinski definition) is 5. The lowest BCUT2D eigenvalue weighted by molar-refractivity contribution is -0.118. The Morgan fingerprint density at radius 1 is 1.00 bits per heavy atom. The first-order valence-electron chi connectivity index (χ1n) is 10.5. The molecule has 2 aromatic carbocycles. The summed E-state index contributed by atoms with van der Waals surface area (Å²) in [5.74, 6) is 0.162. The Morgan fingerprint density at radius 3 is 2.62 bits per heavy atom. The van der Waals surface area contributed by atoms with Crippen molar-refractivity contribution in [1.29, 1.82) is 0 Å². The topological polar surface area (TPSA) is 105 Å². The smallest absolute Gasteiger partial charge is 0.262 e. The van der Waals surface area contributed by atoms with Crippen molar-refractivity contribution in [3.05, 3.63) is 78.6 Å². The zero-order chi connectivity index (χ0) is 22.4. The second-order valence-electron chi connectivity index (χ2n) is 7.56. The highest BCUT2D eigenvalue weighted by molar-refractivity contribution is 7.90. The Bertz CT molecular complexity index is 1190. The van der Waals surface area contributed by atoms with Crippen LogP contribution in [0.1, 0.15) is 37.3 Å². The molecule has 0 radical (unpaired) electrons. The van der Waals surface area contributed by atoms with E-state index in [1.54, 1.807) is 35.3 Å². The number of sulfonamides is 1. The lowest BCUT2D eigenvalue weighted by atomic mass is 10.1. The number of hydrogen-bond donors (Lipinski definition) is 2. The average Bonchev–Trinajstić information content (AvgIpc) is 3.19. The van der Waals surface area contributed by atoms with Gasteiger partial charge in [-0.1, -0.05) is 42.8 Å². The van der Waals surface area contributed by atoms with Gasteiger partial charge in [0, 0.05) is 31.0 Å². The van der Waals surface area contributed by atoms with Crippen LogP contribution in [0.2, 0.25) is 0 Å². The van der Waals surface area contributed by atoms with Crippen molar-refractivity contribution < 1.29 is 13.2 Å². The van der Waals surface area contributed by atoms with Crippen molar-refractivity contribution in [2.24, 2.45) is 4.99 Å². The summed E-state index contributed by atoms with van der Waals surface area (Å²) in [5, 5.41) is 7.05. The lowest BCUT2D eigenvalue weighted by Crippen LogP contribution is -2.31. The molecule has 0 spiro atoms. The number of benzene rings is 2. The van der Waals surface area contributed by atoms with E-state index in [1.165, 1.54) is 12.1 Å². The number of carbonyl (C=O) groups is 1. The number of rotatable bonds is 6. The molecule has 3 aromatic rings. The molecule has 1 aliphatic rings. The van der Waals surface area contributed by atoms with Crippen molar-refractivity contribution in [3.63, 3.8) is 0 Å². The predicted molar refractivity (Wildman–Crippen MR) is 123 cm³/mol. The van der Waals surface area contributed by atoms with E-state index < -0.39 is 16.1 Å². The summed E-state index contributed by atoms with van der Waals surface area (Å²) >= 11 is 0. The third kappa shape index (κ3) is 5.23. The molecule has 1 amide bonds. The van der Waals surface area contributed by atoms with Crippen molar-refractivity contribution in [3.8, 4) is 0 Å². The molecule has 0 saturated heterocycles. The second-order valence-corrected chi connectivity index (χ2v) is 9.24. The van der Waals surface area contributed by atoms with Gasteiger partial charge in [-0.3, -0.25) is 19.2 Å². The highest BCUT2D eigenvalue weighted by atomic mass is 32.2. The minimum absolute atomic E-state index is 0.0672. The fourth-order valence-electron chi connectivity index (χ4n) is 3.62. The number of amidine groups is 1. The summed E-state index contributed by atoms with van der Waals surface area (Å²) in [6, 6.07) is 16.6. The molecule has 166 valence electrons. The number of nitrogens with zero attached hydrogens (tertiary/aromatic N) is 3. The molecule has 0 bridgehead atoms. The molecule has 4 rings (SSSR count). The van der Waals surface area contributed by atoms with E-state index in [-0.39, 0.29) is 10.8 Å². The number of carbonyl (C=O) groups excluding carboxylic acids is 1. The number of anilines is 1. The van der Waals surface area contributed by atoms with Crippen molar-refractivity contribution in [1.82, 2.24) is 14.5 Å². The molecule has 1 unspecified atom stereocenters. The Kier molecular flexibility index (Phi) is 6.65. The number of aliphatic imine (C=N–C) groups is 1. The molecule has 1 atom stereocenters. The van der Waals surface area contributed by atoms with Gasteiger partial charge in [0.25, 0.3) is 15.9 Å². The van der Waals surface area contributed by atoms with Gasteiger partial charge in [0.15, 0.2) is 6.04 Å². The fourth-order valence-corrected chi connectivity index (χ4v) is 4.75. The van der Waals surface area contributed by atoms with E-state index in [9.17, 15) is 13.2 Å². The molecule has 9 heteroatoms. The van der Waals surface area contributed by atoms with Gasteiger partial charge in [0.05, 0.1) is 4.90 Å². The molecule has 0 aliphatic carbocycles. The van der Waals surface area contributed by atoms with Gasteiger partial charge in [-0.2, -0.15) is 5.10 Å². The normalized spacial score (nSPS) is 15.3. The second kappa shape index (κ2) is 9.78. The minimum Gasteiger partial charge on any atom is -0.324 e. The summed E-state index contributed by atoms with van der Waals surface area (Å²) in [6.07, 6.45) is 6.85. The summed E-state index contributed by atoms with van der Waals surface area (Å²) in [7, 11) is -3.80. The number of amides is 1. The molecule has 8 nitrogen and oxygen atoms in total. The van der Waals surface area contributed by atoms with Gasteiger partial charge in [-0.15, -0.1) is 0 Å². The van der Waals surface area contributed by atoms with Crippen molar-refractivity contribution in [2.75, 3.05) is 11.9 Å². The highest BCUT2D eigenvalue weighted by Crippen LogP contribution is 2.22. The van der Waals surface area contributed by atoms with Crippen molar-refractivity contribution in [2.45, 2.75) is 36.6 Å². The molecule has 1 aliphatic heterocycles. The third-order valence-corrected chi connectivity index (χ3v) is 6.57. The lowest BCUT2D eigenvalue weighted by Gasteiger charge is -2.18. The van der Waals surface area contributed by atoms with Crippen molar-refractivity contribution >= 4 is 27.5 Å². The van der Waals surface area contributed by atoms with Crippen LogP contribution in [0.4, 0.5) is 5.69 Å². The summed E-state index contributed by atoms with van der Waals surface area (Å²) in [6.45, 7) is 0.627. The monoisotopic (exact) mass is 451 g/mol. The van der Waals surface area contributed by atoms with Crippen LogP contribution in [0, 0.1) is 0 Å². The number of aromatic nitrogens is 2. The van der Waals surface area contributed by atoms with E-state index in [2.05, 4.69) is 20.1 Å². The summed E-state index contributed by atoms with van der Waals surface area (Å²) < 4.78 is 29.9. The van der Waals surface area contributed by atoms with Gasteiger partial charge >= 0.3 is 0 Å². The maximum atomic E-state index is 13.2. The molecule has 1 aromatic heterocycles. The van der Waals surface area contributed by atoms with E-state index in [1.807, 2.05) is 30.3 Å². The largest absolute Gasteiger partial charge is 0.324 e. The van der Waals surface area contributed by atoms with Crippen LogP contribution in [-0.2, 0) is 14.8 Å². The first-order chi connectivity index (χ1) is 15.5. The van der Waals surface area contributed by atoms with Gasteiger partial charge in [0.2, 0.25) is 0 Å². The highest BCUT2D eigenvalue weighted by Gasteiger charge is 2.24. The van der Waals surface area contributed by atoms with Gasteiger partial charge in [-0.05, 0) is 42.7 Å². The molecule has 2 N–H and O–H groups in total. The van der Waals surface area contributed by atoms with Gasteiger partial charge in [0.1, 0.15) is 5.84 Å². The standard InChI is InChI=1S/C23H25N5O3S/c29-23(22(28-16-8-15-25-28)18-9-3-1-4-10-18)26-19-11-7-12-20(17-19)32(30,31)27-21-13-5-2-6-14-24-21/h1,3-4,7-12,15-17,22H,2,5-6,13-14H2,(H,24,27)(H,26,29). The Labute approximate surface area is 187 Å². The maximum absolute atomic E-state index is 13.2. The molecular weight excluding hydrogens is 426 g/mol. The van der Waals surface area contributed by atoms with Crippen LogP contribution in [0.25, 0.3) is 0 Å². The first-order valence-corrected chi connectivity index (χ1v) is 12.0. The van der Waals surface area contributed by atoms with Crippen LogP contribution in [0.3, 0.4) is 0 Å². The number of nitrogens with one attached hydrogen (secondary N) is 2. The Balaban J connectivity index is 1.55. The zero-order valence-electron chi connectivity index (χ0n) is 17.5. The van der Waals surface area contributed by atoms with Crippen LogP contribution in [0.5, 0.6) is 0 Å². The quantitative estimate of drug-likeness (QED) is 0.599. The summed E-state index contributed by atoms with van der Waals surface area (Å²) in [5.41, 5.74) is 1.15. The van der Waals surface area contributed by atoms with Gasteiger partial charge in [-0.25, -0.2) is 8.42 Å². The fraction of sp³-hybridized carbons (Fsp3) is 0.261. The molecule has 32 heavy (non-hydrogen) atoms. The Hall–Kier alpha value is -3.46. The SMILES string of the molecule is O=C(Nc1cccc(S(=O)(=O)NC2=NCCCCC2)c1)C(c1ccccc1)n1cccn1. The average molecular weight is 452 g/mol. The molecule has 2 heterocycles. The predicted octanol–water partition coefficient (Wildman–Crippen LogP) is 3.36. The third-order valence-electron chi connectivity index (χ3n) is 5.19. The van der Waals surface area contributed by atoms with E-state index >= 15 is 0 Å². The van der Waals surface area contributed by atoms with Gasteiger partial charge < -0.3 is 5.32 Å². The van der Waals surface area contributed by atoms with Crippen LogP contribution >= 0.6 is 0 Å². The maximum Gasteiger partial charge on any atom is 0.262 e. The minimum atomic E-state index is -3.80.